The number of aromatic nitrogens is 5. The monoisotopic (exact) mass is 344 g/mol. The van der Waals surface area contributed by atoms with Crippen LogP contribution in [0.25, 0.3) is 0 Å². The molecule has 0 aliphatic heterocycles. The third-order valence-corrected chi connectivity index (χ3v) is 3.98. The van der Waals surface area contributed by atoms with Crippen molar-refractivity contribution in [2.24, 2.45) is 13.0 Å². The Morgan fingerprint density at radius 3 is 2.76 bits per heavy atom. The van der Waals surface area contributed by atoms with Crippen LogP contribution in [0, 0.1) is 11.7 Å². The summed E-state index contributed by atoms with van der Waals surface area (Å²) < 4.78 is 20.7. The van der Waals surface area contributed by atoms with E-state index in [1.54, 1.807) is 22.9 Å². The first-order chi connectivity index (χ1) is 12.0. The fourth-order valence-electron chi connectivity index (χ4n) is 2.65. The summed E-state index contributed by atoms with van der Waals surface area (Å²) in [5, 5.41) is 11.4. The first-order valence-electron chi connectivity index (χ1n) is 8.16. The molecule has 3 aromatic rings. The fraction of sp³-hybridized carbons (Fsp3) is 0.412. The van der Waals surface area contributed by atoms with Crippen molar-refractivity contribution >= 4 is 0 Å². The molecule has 132 valence electrons. The second-order valence-corrected chi connectivity index (χ2v) is 6.22. The smallest absolute Gasteiger partial charge is 0.240 e. The average molecular weight is 344 g/mol. The van der Waals surface area contributed by atoms with Gasteiger partial charge in [-0.05, 0) is 17.5 Å². The molecule has 2 heterocycles. The maximum Gasteiger partial charge on any atom is 0.240 e. The molecule has 7 nitrogen and oxygen atoms in total. The molecular weight excluding hydrogens is 323 g/mol. The van der Waals surface area contributed by atoms with Crippen molar-refractivity contribution in [3.8, 4) is 0 Å². The molecular formula is C17H21FN6O. The summed E-state index contributed by atoms with van der Waals surface area (Å²) in [6.07, 6.45) is 1.83. The quantitative estimate of drug-likeness (QED) is 0.709. The van der Waals surface area contributed by atoms with Crippen molar-refractivity contribution < 1.29 is 8.91 Å². The Morgan fingerprint density at radius 2 is 2.08 bits per heavy atom. The van der Waals surface area contributed by atoms with Gasteiger partial charge in [-0.25, -0.2) is 9.37 Å². The molecule has 0 fully saturated rings. The molecule has 0 radical (unpaired) electrons. The van der Waals surface area contributed by atoms with Crippen LogP contribution in [0.1, 0.15) is 43.0 Å². The van der Waals surface area contributed by atoms with Crippen LogP contribution < -0.4 is 5.32 Å². The first-order valence-corrected chi connectivity index (χ1v) is 8.16. The van der Waals surface area contributed by atoms with Gasteiger partial charge in [0.05, 0.1) is 12.6 Å². The van der Waals surface area contributed by atoms with Gasteiger partial charge in [-0.3, -0.25) is 10.00 Å². The van der Waals surface area contributed by atoms with Crippen molar-refractivity contribution in [3.05, 3.63) is 59.5 Å². The summed E-state index contributed by atoms with van der Waals surface area (Å²) in [6, 6.07) is 6.59. The highest BCUT2D eigenvalue weighted by molar-refractivity contribution is 5.20. The number of nitrogens with one attached hydrogen (secondary N) is 1. The minimum Gasteiger partial charge on any atom is -0.338 e. The Labute approximate surface area is 145 Å². The third kappa shape index (κ3) is 4.08. The second kappa shape index (κ2) is 7.52. The van der Waals surface area contributed by atoms with Gasteiger partial charge in [0.25, 0.3) is 0 Å². The van der Waals surface area contributed by atoms with Crippen LogP contribution in [0.5, 0.6) is 0 Å². The number of benzene rings is 1. The highest BCUT2D eigenvalue weighted by Crippen LogP contribution is 2.19. The van der Waals surface area contributed by atoms with E-state index < -0.39 is 0 Å². The van der Waals surface area contributed by atoms with E-state index in [0.717, 1.165) is 5.82 Å². The van der Waals surface area contributed by atoms with E-state index in [2.05, 4.69) is 39.4 Å². The molecule has 0 bridgehead atoms. The zero-order chi connectivity index (χ0) is 17.8. The van der Waals surface area contributed by atoms with E-state index >= 15 is 0 Å². The summed E-state index contributed by atoms with van der Waals surface area (Å²) in [5.74, 6) is 1.81. The number of hydrogen-bond acceptors (Lipinski definition) is 6. The van der Waals surface area contributed by atoms with Crippen LogP contribution in [0.4, 0.5) is 4.39 Å². The number of nitrogens with zero attached hydrogens (tertiary/aromatic N) is 5. The molecule has 0 aliphatic rings. The summed E-state index contributed by atoms with van der Waals surface area (Å²) in [5.41, 5.74) is 0.543. The molecule has 0 saturated heterocycles. The maximum atomic E-state index is 13.7. The molecule has 0 amide bonds. The summed E-state index contributed by atoms with van der Waals surface area (Å²) in [7, 11) is 1.86. The van der Waals surface area contributed by atoms with E-state index in [1.165, 1.54) is 12.4 Å². The normalized spacial score (nSPS) is 12.7. The van der Waals surface area contributed by atoms with Crippen molar-refractivity contribution in [2.45, 2.75) is 32.9 Å². The third-order valence-electron chi connectivity index (χ3n) is 3.98. The Bertz CT molecular complexity index is 828. The van der Waals surface area contributed by atoms with Gasteiger partial charge in [0.15, 0.2) is 5.82 Å². The zero-order valence-electron chi connectivity index (χ0n) is 14.5. The van der Waals surface area contributed by atoms with Gasteiger partial charge < -0.3 is 4.52 Å². The van der Waals surface area contributed by atoms with Crippen molar-refractivity contribution in [3.63, 3.8) is 0 Å². The topological polar surface area (TPSA) is 81.7 Å². The minimum absolute atomic E-state index is 0.00872. The Morgan fingerprint density at radius 1 is 1.28 bits per heavy atom. The predicted molar refractivity (Wildman–Crippen MR) is 88.9 cm³/mol. The lowest BCUT2D eigenvalue weighted by Crippen LogP contribution is -2.28. The molecule has 0 aliphatic carbocycles. The molecule has 1 atom stereocenters. The van der Waals surface area contributed by atoms with Crippen molar-refractivity contribution in [1.29, 1.82) is 0 Å². The average Bonchev–Trinajstić information content (AvgIpc) is 3.19. The van der Waals surface area contributed by atoms with E-state index in [4.69, 9.17) is 4.52 Å². The van der Waals surface area contributed by atoms with Gasteiger partial charge in [0.2, 0.25) is 5.89 Å². The molecule has 0 saturated carbocycles. The SMILES string of the molecule is CC(C)[C@@H](NCc1nc(Cc2ccccc2F)no1)c1ncnn1C. The molecule has 1 aromatic carbocycles. The van der Waals surface area contributed by atoms with Crippen molar-refractivity contribution in [2.75, 3.05) is 0 Å². The maximum absolute atomic E-state index is 13.7. The summed E-state index contributed by atoms with van der Waals surface area (Å²) in [6.45, 7) is 4.60. The Hall–Kier alpha value is -2.61. The Balaban J connectivity index is 1.65. The lowest BCUT2D eigenvalue weighted by Gasteiger charge is -2.20. The highest BCUT2D eigenvalue weighted by Gasteiger charge is 2.21. The standard InChI is InChI=1S/C17H21FN6O/c1-11(2)16(17-20-10-21-24(17)3)19-9-15-22-14(23-25-15)8-12-6-4-5-7-13(12)18/h4-7,10-11,16,19H,8-9H2,1-3H3/t16-/m1/s1. The number of hydrogen-bond donors (Lipinski definition) is 1. The van der Waals surface area contributed by atoms with E-state index in [-0.39, 0.29) is 11.9 Å². The first kappa shape index (κ1) is 17.2. The molecule has 0 spiro atoms. The van der Waals surface area contributed by atoms with Gasteiger partial charge in [-0.1, -0.05) is 37.2 Å². The fourth-order valence-corrected chi connectivity index (χ4v) is 2.65. The van der Waals surface area contributed by atoms with Crippen LogP contribution in [0.15, 0.2) is 35.1 Å². The second-order valence-electron chi connectivity index (χ2n) is 6.22. The minimum atomic E-state index is -0.269. The van der Waals surface area contributed by atoms with E-state index in [9.17, 15) is 4.39 Å². The number of halogens is 1. The van der Waals surface area contributed by atoms with Gasteiger partial charge in [0, 0.05) is 13.5 Å². The number of aryl methyl sites for hydroxylation is 1. The van der Waals surface area contributed by atoms with Crippen LogP contribution in [-0.4, -0.2) is 24.9 Å². The predicted octanol–water partition coefficient (Wildman–Crippen LogP) is 2.41. The molecule has 3 rings (SSSR count). The van der Waals surface area contributed by atoms with Crippen LogP contribution >= 0.6 is 0 Å². The van der Waals surface area contributed by atoms with Crippen LogP contribution in [0.3, 0.4) is 0 Å². The van der Waals surface area contributed by atoms with E-state index in [1.807, 2.05) is 7.05 Å². The van der Waals surface area contributed by atoms with Gasteiger partial charge in [0.1, 0.15) is 18.0 Å². The van der Waals surface area contributed by atoms with Gasteiger partial charge in [-0.15, -0.1) is 0 Å². The Kier molecular flexibility index (Phi) is 5.18. The summed E-state index contributed by atoms with van der Waals surface area (Å²) >= 11 is 0. The zero-order valence-corrected chi connectivity index (χ0v) is 14.5. The lowest BCUT2D eigenvalue weighted by molar-refractivity contribution is 0.325. The van der Waals surface area contributed by atoms with Gasteiger partial charge in [-0.2, -0.15) is 10.1 Å². The lowest BCUT2D eigenvalue weighted by atomic mass is 10.0. The van der Waals surface area contributed by atoms with Crippen LogP contribution in [0.2, 0.25) is 0 Å². The highest BCUT2D eigenvalue weighted by atomic mass is 19.1. The summed E-state index contributed by atoms with van der Waals surface area (Å²) in [4.78, 5) is 8.63. The van der Waals surface area contributed by atoms with Crippen molar-refractivity contribution in [1.82, 2.24) is 30.2 Å². The molecule has 8 heteroatoms. The van der Waals surface area contributed by atoms with Gasteiger partial charge >= 0.3 is 0 Å². The molecule has 1 N–H and O–H groups in total. The molecule has 25 heavy (non-hydrogen) atoms. The molecule has 0 unspecified atom stereocenters. The number of rotatable bonds is 7. The van der Waals surface area contributed by atoms with E-state index in [0.29, 0.717) is 36.2 Å². The largest absolute Gasteiger partial charge is 0.338 e. The molecule has 2 aromatic heterocycles. The van der Waals surface area contributed by atoms with Crippen LogP contribution in [-0.2, 0) is 20.0 Å².